The van der Waals surface area contributed by atoms with E-state index in [-0.39, 0.29) is 5.78 Å². The third-order valence-corrected chi connectivity index (χ3v) is 4.19. The number of aromatic nitrogens is 3. The van der Waals surface area contributed by atoms with Gasteiger partial charge in [-0.1, -0.05) is 35.9 Å². The number of carbonyl (C=O) groups excluding carboxylic acids is 1. The summed E-state index contributed by atoms with van der Waals surface area (Å²) in [4.78, 5) is 15.1. The largest absolute Gasteiger partial charge is 0.302 e. The van der Waals surface area contributed by atoms with Crippen molar-refractivity contribution in [3.8, 4) is 5.69 Å². The van der Waals surface area contributed by atoms with Gasteiger partial charge < -0.3 is 4.90 Å². The monoisotopic (exact) mass is 354 g/mol. The Labute approximate surface area is 151 Å². The Bertz CT molecular complexity index is 917. The van der Waals surface area contributed by atoms with Crippen molar-refractivity contribution in [3.05, 3.63) is 76.3 Å². The quantitative estimate of drug-likeness (QED) is 0.658. The van der Waals surface area contributed by atoms with Crippen LogP contribution in [0.3, 0.4) is 0 Å². The molecule has 25 heavy (non-hydrogen) atoms. The summed E-state index contributed by atoms with van der Waals surface area (Å²) in [5, 5.41) is 8.88. The van der Waals surface area contributed by atoms with Gasteiger partial charge in [-0.05, 0) is 45.3 Å². The molecule has 3 rings (SSSR count). The fourth-order valence-corrected chi connectivity index (χ4v) is 2.98. The van der Waals surface area contributed by atoms with Crippen molar-refractivity contribution in [1.82, 2.24) is 19.7 Å². The van der Waals surface area contributed by atoms with Crippen LogP contribution in [0.4, 0.5) is 0 Å². The van der Waals surface area contributed by atoms with Crippen molar-refractivity contribution >= 4 is 17.4 Å². The number of carbonyl (C=O) groups is 1. The van der Waals surface area contributed by atoms with Crippen molar-refractivity contribution in [1.29, 1.82) is 0 Å². The maximum atomic E-state index is 13.1. The first-order valence-corrected chi connectivity index (χ1v) is 8.31. The second-order valence-corrected chi connectivity index (χ2v) is 6.47. The van der Waals surface area contributed by atoms with E-state index in [9.17, 15) is 4.79 Å². The van der Waals surface area contributed by atoms with Gasteiger partial charge in [0.2, 0.25) is 0 Å². The van der Waals surface area contributed by atoms with Crippen LogP contribution in [0.2, 0.25) is 5.02 Å². The third kappa shape index (κ3) is 3.48. The first kappa shape index (κ1) is 17.3. The average Bonchev–Trinajstić information content (AvgIpc) is 2.94. The number of nitrogens with zero attached hydrogens (tertiary/aromatic N) is 4. The normalized spacial score (nSPS) is 11.1. The average molecular weight is 355 g/mol. The maximum absolute atomic E-state index is 13.1. The Morgan fingerprint density at radius 1 is 1.04 bits per heavy atom. The molecule has 2 aromatic carbocycles. The number of aryl methyl sites for hydroxylation is 1. The molecule has 0 N–H and O–H groups in total. The summed E-state index contributed by atoms with van der Waals surface area (Å²) in [6, 6.07) is 14.5. The molecule has 128 valence electrons. The molecule has 0 bridgehead atoms. The van der Waals surface area contributed by atoms with E-state index in [0.29, 0.717) is 22.7 Å². The zero-order valence-electron chi connectivity index (χ0n) is 14.4. The predicted molar refractivity (Wildman–Crippen MR) is 98.4 cm³/mol. The number of ketones is 1. The summed E-state index contributed by atoms with van der Waals surface area (Å²) >= 11 is 6.22. The number of para-hydroxylation sites is 1. The lowest BCUT2D eigenvalue weighted by Crippen LogP contribution is -2.17. The molecule has 1 heterocycles. The van der Waals surface area contributed by atoms with Gasteiger partial charge in [0.15, 0.2) is 11.6 Å². The number of hydrogen-bond acceptors (Lipinski definition) is 4. The molecule has 0 amide bonds. The maximum Gasteiger partial charge on any atom is 0.196 e. The van der Waals surface area contributed by atoms with Gasteiger partial charge in [-0.2, -0.15) is 0 Å². The van der Waals surface area contributed by atoms with Crippen LogP contribution in [0.15, 0.2) is 48.5 Å². The van der Waals surface area contributed by atoms with E-state index in [2.05, 4.69) is 10.2 Å². The summed E-state index contributed by atoms with van der Waals surface area (Å²) in [5.41, 5.74) is 1.81. The van der Waals surface area contributed by atoms with E-state index < -0.39 is 0 Å². The minimum atomic E-state index is -0.120. The molecule has 5 nitrogen and oxygen atoms in total. The molecule has 0 unspecified atom stereocenters. The van der Waals surface area contributed by atoms with Crippen LogP contribution in [0.5, 0.6) is 0 Å². The minimum absolute atomic E-state index is 0.120. The highest BCUT2D eigenvalue weighted by Gasteiger charge is 2.20. The summed E-state index contributed by atoms with van der Waals surface area (Å²) in [6.07, 6.45) is 0. The van der Waals surface area contributed by atoms with Gasteiger partial charge in [-0.25, -0.2) is 0 Å². The molecule has 1 aromatic heterocycles. The van der Waals surface area contributed by atoms with E-state index in [1.165, 1.54) is 0 Å². The summed E-state index contributed by atoms with van der Waals surface area (Å²) < 4.78 is 1.92. The lowest BCUT2D eigenvalue weighted by atomic mass is 10.0. The van der Waals surface area contributed by atoms with Crippen molar-refractivity contribution in [2.24, 2.45) is 0 Å². The Balaban J connectivity index is 2.14. The highest BCUT2D eigenvalue weighted by molar-refractivity contribution is 6.35. The zero-order valence-corrected chi connectivity index (χ0v) is 15.2. The lowest BCUT2D eigenvalue weighted by molar-refractivity contribution is 0.103. The van der Waals surface area contributed by atoms with Crippen molar-refractivity contribution < 1.29 is 4.79 Å². The zero-order chi connectivity index (χ0) is 18.0. The molecule has 3 aromatic rings. The highest BCUT2D eigenvalue weighted by atomic mass is 35.5. The lowest BCUT2D eigenvalue weighted by Gasteiger charge is -2.15. The Kier molecular flexibility index (Phi) is 4.97. The molecule has 0 saturated carbocycles. The SMILES string of the molecule is Cc1nnc(CN(C)C)n1-c1ccccc1C(=O)c1ccccc1Cl. The van der Waals surface area contributed by atoms with Crippen LogP contribution >= 0.6 is 11.6 Å². The second-order valence-electron chi connectivity index (χ2n) is 6.06. The van der Waals surface area contributed by atoms with Crippen LogP contribution in [0.1, 0.15) is 27.6 Å². The van der Waals surface area contributed by atoms with E-state index in [4.69, 9.17) is 11.6 Å². The molecule has 6 heteroatoms. The number of halogens is 1. The van der Waals surface area contributed by atoms with Crippen molar-refractivity contribution in [2.45, 2.75) is 13.5 Å². The second kappa shape index (κ2) is 7.17. The predicted octanol–water partition coefficient (Wildman–Crippen LogP) is 3.52. The Morgan fingerprint density at radius 2 is 1.68 bits per heavy atom. The minimum Gasteiger partial charge on any atom is -0.302 e. The number of hydrogen-bond donors (Lipinski definition) is 0. The molecule has 0 fully saturated rings. The van der Waals surface area contributed by atoms with Gasteiger partial charge in [-0.3, -0.25) is 9.36 Å². The molecule has 0 saturated heterocycles. The van der Waals surface area contributed by atoms with Crippen LogP contribution in [0.25, 0.3) is 5.69 Å². The van der Waals surface area contributed by atoms with Gasteiger partial charge in [0, 0.05) is 11.1 Å². The molecule has 0 aliphatic rings. The van der Waals surface area contributed by atoms with E-state index >= 15 is 0 Å². The smallest absolute Gasteiger partial charge is 0.196 e. The van der Waals surface area contributed by atoms with Crippen LogP contribution in [-0.4, -0.2) is 39.5 Å². The summed E-state index contributed by atoms with van der Waals surface area (Å²) in [5.74, 6) is 1.39. The van der Waals surface area contributed by atoms with Gasteiger partial charge >= 0.3 is 0 Å². The Morgan fingerprint density at radius 3 is 2.36 bits per heavy atom. The molecular weight excluding hydrogens is 336 g/mol. The number of benzene rings is 2. The molecule has 0 spiro atoms. The van der Waals surface area contributed by atoms with Crippen LogP contribution in [0, 0.1) is 6.92 Å². The molecule has 0 radical (unpaired) electrons. The topological polar surface area (TPSA) is 51.0 Å². The van der Waals surface area contributed by atoms with E-state index in [0.717, 1.165) is 17.3 Å². The Hall–Kier alpha value is -2.50. The summed E-state index contributed by atoms with van der Waals surface area (Å²) in [7, 11) is 3.93. The van der Waals surface area contributed by atoms with E-state index in [1.54, 1.807) is 18.2 Å². The molecule has 0 aliphatic carbocycles. The standard InChI is InChI=1S/C19H19ClN4O/c1-13-21-22-18(12-23(2)3)24(13)17-11-7-5-9-15(17)19(25)14-8-4-6-10-16(14)20/h4-11H,12H2,1-3H3. The van der Waals surface area contributed by atoms with Crippen molar-refractivity contribution in [2.75, 3.05) is 14.1 Å². The van der Waals surface area contributed by atoms with Gasteiger partial charge in [-0.15, -0.1) is 10.2 Å². The third-order valence-electron chi connectivity index (χ3n) is 3.86. The summed E-state index contributed by atoms with van der Waals surface area (Å²) in [6.45, 7) is 2.50. The van der Waals surface area contributed by atoms with Crippen LogP contribution in [-0.2, 0) is 6.54 Å². The number of rotatable bonds is 5. The van der Waals surface area contributed by atoms with Crippen LogP contribution < -0.4 is 0 Å². The van der Waals surface area contributed by atoms with Gasteiger partial charge in [0.25, 0.3) is 0 Å². The fourth-order valence-electron chi connectivity index (χ4n) is 2.76. The highest BCUT2D eigenvalue weighted by Crippen LogP contribution is 2.24. The van der Waals surface area contributed by atoms with E-state index in [1.807, 2.05) is 60.8 Å². The first-order chi connectivity index (χ1) is 12.0. The van der Waals surface area contributed by atoms with Gasteiger partial charge in [0.1, 0.15) is 5.82 Å². The molecular formula is C19H19ClN4O. The fraction of sp³-hybridized carbons (Fsp3) is 0.211. The first-order valence-electron chi connectivity index (χ1n) is 7.93. The molecule has 0 aliphatic heterocycles. The van der Waals surface area contributed by atoms with Gasteiger partial charge in [0.05, 0.1) is 17.3 Å². The van der Waals surface area contributed by atoms with Crippen molar-refractivity contribution in [3.63, 3.8) is 0 Å². The molecule has 0 atom stereocenters.